The van der Waals surface area contributed by atoms with Crippen LogP contribution in [0.4, 0.5) is 9.80 Å². The number of nitrogens with one attached hydrogen (secondary N) is 1. The number of nitriles is 1. The molecule has 0 bridgehead atoms. The van der Waals surface area contributed by atoms with Crippen LogP contribution in [0.3, 0.4) is 0 Å². The van der Waals surface area contributed by atoms with Crippen LogP contribution in [-0.4, -0.2) is 35.0 Å². The molecule has 1 aliphatic rings. The highest BCUT2D eigenvalue weighted by Crippen LogP contribution is 2.37. The molecule has 0 aromatic carbocycles. The Hall–Kier alpha value is -3.18. The number of amides is 2. The van der Waals surface area contributed by atoms with Gasteiger partial charge in [-0.3, -0.25) is 9.78 Å². The number of nitrogens with zero attached hydrogens (tertiary/aromatic N) is 3. The summed E-state index contributed by atoms with van der Waals surface area (Å²) in [4.78, 5) is 30.9. The molecule has 0 atom stereocenters. The van der Waals surface area contributed by atoms with E-state index in [0.717, 1.165) is 10.4 Å². The van der Waals surface area contributed by atoms with Gasteiger partial charge in [0.05, 0.1) is 18.7 Å². The zero-order chi connectivity index (χ0) is 19.4. The summed E-state index contributed by atoms with van der Waals surface area (Å²) in [6, 6.07) is 5.65. The van der Waals surface area contributed by atoms with Crippen molar-refractivity contribution in [3.63, 3.8) is 0 Å². The fraction of sp³-hybridized carbons (Fsp3) is 0.263. The Morgan fingerprint density at radius 3 is 3.00 bits per heavy atom. The first kappa shape index (κ1) is 18.6. The third kappa shape index (κ3) is 3.83. The van der Waals surface area contributed by atoms with Crippen molar-refractivity contribution in [2.45, 2.75) is 19.9 Å². The molecule has 1 N–H and O–H groups in total. The average Bonchev–Trinajstić information content (AvgIpc) is 3.04. The molecule has 0 aliphatic carbocycles. The maximum absolute atomic E-state index is 12.5. The number of aromatic nitrogens is 1. The van der Waals surface area contributed by atoms with Gasteiger partial charge in [0.1, 0.15) is 11.1 Å². The normalized spacial score (nSPS) is 12.7. The Balaban J connectivity index is 1.80. The van der Waals surface area contributed by atoms with E-state index in [-0.39, 0.29) is 17.6 Å². The fourth-order valence-electron chi connectivity index (χ4n) is 2.83. The molecular formula is C19H18N4O3S. The van der Waals surface area contributed by atoms with Crippen molar-refractivity contribution in [1.82, 2.24) is 9.88 Å². The van der Waals surface area contributed by atoms with Crippen molar-refractivity contribution in [3.8, 4) is 6.07 Å². The number of hydrogen-bond donors (Lipinski definition) is 1. The van der Waals surface area contributed by atoms with Gasteiger partial charge in [-0.1, -0.05) is 12.6 Å². The number of anilines is 1. The molecule has 2 aromatic rings. The molecule has 0 radical (unpaired) electrons. The van der Waals surface area contributed by atoms with E-state index in [1.807, 2.05) is 0 Å². The Kier molecular flexibility index (Phi) is 5.52. The number of hydrogen-bond acceptors (Lipinski definition) is 6. The van der Waals surface area contributed by atoms with Crippen LogP contribution in [0.2, 0.25) is 0 Å². The van der Waals surface area contributed by atoms with Gasteiger partial charge in [0.25, 0.3) is 5.91 Å². The number of pyridine rings is 1. The Morgan fingerprint density at radius 1 is 1.52 bits per heavy atom. The van der Waals surface area contributed by atoms with E-state index in [1.165, 1.54) is 11.3 Å². The zero-order valence-corrected chi connectivity index (χ0v) is 15.6. The third-order valence-corrected chi connectivity index (χ3v) is 5.34. The third-order valence-electron chi connectivity index (χ3n) is 4.21. The second-order valence-corrected chi connectivity index (χ2v) is 6.97. The van der Waals surface area contributed by atoms with E-state index in [0.29, 0.717) is 42.2 Å². The first-order valence-corrected chi connectivity index (χ1v) is 9.23. The summed E-state index contributed by atoms with van der Waals surface area (Å²) in [7, 11) is 0. The molecule has 2 amide bonds. The molecule has 1 aliphatic heterocycles. The lowest BCUT2D eigenvalue weighted by molar-refractivity contribution is -0.111. The van der Waals surface area contributed by atoms with Crippen LogP contribution in [0.1, 0.15) is 28.5 Å². The average molecular weight is 382 g/mol. The highest BCUT2D eigenvalue weighted by molar-refractivity contribution is 7.16. The maximum Gasteiger partial charge on any atom is 0.410 e. The second-order valence-electron chi connectivity index (χ2n) is 5.86. The first-order valence-electron chi connectivity index (χ1n) is 8.42. The van der Waals surface area contributed by atoms with Gasteiger partial charge >= 0.3 is 6.09 Å². The topological polar surface area (TPSA) is 95.3 Å². The maximum atomic E-state index is 12.5. The molecule has 0 saturated carbocycles. The van der Waals surface area contributed by atoms with Gasteiger partial charge in [-0.2, -0.15) is 5.26 Å². The summed E-state index contributed by atoms with van der Waals surface area (Å²) < 4.78 is 5.04. The molecule has 0 spiro atoms. The first-order chi connectivity index (χ1) is 13.0. The Bertz CT molecular complexity index is 930. The summed E-state index contributed by atoms with van der Waals surface area (Å²) >= 11 is 1.31. The van der Waals surface area contributed by atoms with E-state index in [1.54, 1.807) is 36.4 Å². The van der Waals surface area contributed by atoms with E-state index >= 15 is 0 Å². The summed E-state index contributed by atoms with van der Waals surface area (Å²) in [6.45, 7) is 6.73. The van der Waals surface area contributed by atoms with Gasteiger partial charge in [-0.25, -0.2) is 4.79 Å². The van der Waals surface area contributed by atoms with Crippen molar-refractivity contribution in [2.75, 3.05) is 18.5 Å². The minimum absolute atomic E-state index is 0.270. The van der Waals surface area contributed by atoms with Crippen LogP contribution in [0.5, 0.6) is 0 Å². The monoisotopic (exact) mass is 382 g/mol. The van der Waals surface area contributed by atoms with Gasteiger partial charge in [0, 0.05) is 35.0 Å². The SMILES string of the molecule is C=C(C(=O)Nc1sc2c(c1C#N)CCN(C(=O)OCC)C2)c1cccnc1. The molecule has 3 heterocycles. The predicted octanol–water partition coefficient (Wildman–Crippen LogP) is 3.18. The standard InChI is InChI=1S/C19H18N4O3S/c1-3-26-19(25)23-8-6-14-15(9-20)18(27-16(14)11-23)22-17(24)12(2)13-5-4-7-21-10-13/h4-5,7,10H,2-3,6,8,11H2,1H3,(H,22,24). The number of thiophene rings is 1. The molecule has 138 valence electrons. The molecule has 8 heteroatoms. The lowest BCUT2D eigenvalue weighted by Crippen LogP contribution is -2.35. The van der Waals surface area contributed by atoms with Crippen molar-refractivity contribution >= 4 is 33.9 Å². The summed E-state index contributed by atoms with van der Waals surface area (Å²) in [5.41, 5.74) is 2.21. The molecule has 2 aromatic heterocycles. The van der Waals surface area contributed by atoms with Crippen LogP contribution in [-0.2, 0) is 22.5 Å². The van der Waals surface area contributed by atoms with E-state index in [2.05, 4.69) is 22.9 Å². The van der Waals surface area contributed by atoms with E-state index in [9.17, 15) is 14.9 Å². The molecule has 3 rings (SSSR count). The molecule has 27 heavy (non-hydrogen) atoms. The van der Waals surface area contributed by atoms with Crippen LogP contribution < -0.4 is 5.32 Å². The lowest BCUT2D eigenvalue weighted by Gasteiger charge is -2.25. The summed E-state index contributed by atoms with van der Waals surface area (Å²) in [5, 5.41) is 12.8. The summed E-state index contributed by atoms with van der Waals surface area (Å²) in [5.74, 6) is -0.389. The quantitative estimate of drug-likeness (QED) is 0.820. The van der Waals surface area contributed by atoms with Crippen LogP contribution in [0, 0.1) is 11.3 Å². The zero-order valence-electron chi connectivity index (χ0n) is 14.8. The highest BCUT2D eigenvalue weighted by atomic mass is 32.1. The highest BCUT2D eigenvalue weighted by Gasteiger charge is 2.28. The smallest absolute Gasteiger partial charge is 0.410 e. The van der Waals surface area contributed by atoms with Gasteiger partial charge < -0.3 is 15.0 Å². The fourth-order valence-corrected chi connectivity index (χ4v) is 4.04. The largest absolute Gasteiger partial charge is 0.450 e. The number of carbonyl (C=O) groups is 2. The van der Waals surface area contributed by atoms with Gasteiger partial charge in [-0.15, -0.1) is 11.3 Å². The number of carbonyl (C=O) groups excluding carboxylic acids is 2. The molecule has 0 saturated heterocycles. The molecule has 7 nitrogen and oxygen atoms in total. The number of rotatable bonds is 4. The van der Waals surface area contributed by atoms with Crippen molar-refractivity contribution in [3.05, 3.63) is 52.7 Å². The minimum atomic E-state index is -0.389. The number of ether oxygens (including phenoxy) is 1. The van der Waals surface area contributed by atoms with Crippen LogP contribution in [0.25, 0.3) is 5.57 Å². The summed E-state index contributed by atoms with van der Waals surface area (Å²) in [6.07, 6.45) is 3.35. The second kappa shape index (κ2) is 8.01. The van der Waals surface area contributed by atoms with E-state index in [4.69, 9.17) is 4.74 Å². The van der Waals surface area contributed by atoms with Crippen LogP contribution in [0.15, 0.2) is 31.1 Å². The van der Waals surface area contributed by atoms with Crippen molar-refractivity contribution in [1.29, 1.82) is 5.26 Å². The molecular weight excluding hydrogens is 364 g/mol. The Morgan fingerprint density at radius 2 is 2.33 bits per heavy atom. The van der Waals surface area contributed by atoms with Gasteiger partial charge in [0.15, 0.2) is 0 Å². The van der Waals surface area contributed by atoms with Crippen molar-refractivity contribution in [2.24, 2.45) is 0 Å². The van der Waals surface area contributed by atoms with Gasteiger partial charge in [-0.05, 0) is 25.0 Å². The molecule has 0 unspecified atom stereocenters. The van der Waals surface area contributed by atoms with Crippen LogP contribution >= 0.6 is 11.3 Å². The molecule has 0 fully saturated rings. The lowest BCUT2D eigenvalue weighted by atomic mass is 10.0. The van der Waals surface area contributed by atoms with Crippen molar-refractivity contribution < 1.29 is 14.3 Å². The predicted molar refractivity (Wildman–Crippen MR) is 102 cm³/mol. The Labute approximate surface area is 160 Å². The van der Waals surface area contributed by atoms with E-state index < -0.39 is 0 Å². The van der Waals surface area contributed by atoms with Gasteiger partial charge in [0.2, 0.25) is 0 Å². The minimum Gasteiger partial charge on any atom is -0.450 e. The number of fused-ring (bicyclic) bond motifs is 1.